The van der Waals surface area contributed by atoms with Crippen molar-refractivity contribution < 1.29 is 4.74 Å². The Bertz CT molecular complexity index is 594. The Kier molecular flexibility index (Phi) is 4.09. The minimum absolute atomic E-state index is 0.150. The van der Waals surface area contributed by atoms with Gasteiger partial charge in [0.15, 0.2) is 0 Å². The maximum absolute atomic E-state index is 5.80. The molecule has 0 saturated carbocycles. The molecule has 2 N–H and O–H groups in total. The monoisotopic (exact) mass is 285 g/mol. The molecule has 0 heterocycles. The molecule has 0 aromatic heterocycles. The topological polar surface area (TPSA) is 35.2 Å². The van der Waals surface area contributed by atoms with E-state index in [1.165, 1.54) is 5.56 Å². The highest BCUT2D eigenvalue weighted by molar-refractivity contribution is 7.80. The maximum Gasteiger partial charge on any atom is 0.127 e. The molecule has 2 aromatic carbocycles. The summed E-state index contributed by atoms with van der Waals surface area (Å²) in [5.74, 6) is 1.59. The van der Waals surface area contributed by atoms with Gasteiger partial charge in [-0.3, -0.25) is 0 Å². The molecule has 0 aliphatic carbocycles. The van der Waals surface area contributed by atoms with Gasteiger partial charge in [-0.15, -0.1) is 0 Å². The Hall–Kier alpha value is -1.87. The normalized spacial score (nSPS) is 11.2. The summed E-state index contributed by atoms with van der Waals surface area (Å²) in [5.41, 5.74) is 7.84. The second kappa shape index (κ2) is 5.63. The highest BCUT2D eigenvalue weighted by atomic mass is 32.1. The minimum Gasteiger partial charge on any atom is -0.457 e. The van der Waals surface area contributed by atoms with Crippen LogP contribution in [0.25, 0.3) is 0 Å². The average Bonchev–Trinajstić information content (AvgIpc) is 2.39. The summed E-state index contributed by atoms with van der Waals surface area (Å²) in [6.07, 6.45) is 0. The zero-order valence-corrected chi connectivity index (χ0v) is 12.8. The van der Waals surface area contributed by atoms with Gasteiger partial charge in [0.1, 0.15) is 16.5 Å². The molecule has 0 saturated heterocycles. The molecule has 0 amide bonds. The van der Waals surface area contributed by atoms with Crippen LogP contribution in [-0.4, -0.2) is 4.99 Å². The molecule has 0 spiro atoms. The second-order valence-corrected chi connectivity index (χ2v) is 6.20. The van der Waals surface area contributed by atoms with Gasteiger partial charge in [0.25, 0.3) is 0 Å². The van der Waals surface area contributed by atoms with Crippen LogP contribution in [0.15, 0.2) is 48.5 Å². The highest BCUT2D eigenvalue weighted by Gasteiger charge is 2.13. The van der Waals surface area contributed by atoms with Crippen molar-refractivity contribution in [2.75, 3.05) is 0 Å². The van der Waals surface area contributed by atoms with Gasteiger partial charge in [0, 0.05) is 5.56 Å². The molecule has 0 aliphatic heterocycles. The summed E-state index contributed by atoms with van der Waals surface area (Å²) >= 11 is 4.92. The summed E-state index contributed by atoms with van der Waals surface area (Å²) < 4.78 is 5.80. The summed E-state index contributed by atoms with van der Waals surface area (Å²) in [7, 11) is 0. The number of rotatable bonds is 3. The van der Waals surface area contributed by atoms with Crippen LogP contribution in [-0.2, 0) is 5.41 Å². The fourth-order valence-corrected chi connectivity index (χ4v) is 1.98. The number of hydrogen-bond acceptors (Lipinski definition) is 2. The molecule has 0 aliphatic rings. The standard InChI is InChI=1S/C17H19NOS/c1-17(2,3)13-6-10-15(11-7-13)19-14-8-4-12(5-9-14)16(18)20/h4-11H,1-3H3,(H2,18,20). The van der Waals surface area contributed by atoms with Gasteiger partial charge in [-0.05, 0) is 47.4 Å². The summed E-state index contributed by atoms with van der Waals surface area (Å²) in [6, 6.07) is 15.6. The van der Waals surface area contributed by atoms with E-state index in [2.05, 4.69) is 32.9 Å². The summed E-state index contributed by atoms with van der Waals surface area (Å²) in [6.45, 7) is 6.58. The first-order valence-corrected chi connectivity index (χ1v) is 6.95. The molecule has 0 fully saturated rings. The first-order valence-electron chi connectivity index (χ1n) is 6.54. The van der Waals surface area contributed by atoms with E-state index < -0.39 is 0 Å². The van der Waals surface area contributed by atoms with E-state index in [-0.39, 0.29) is 5.41 Å². The fourth-order valence-electron chi connectivity index (χ4n) is 1.85. The Balaban J connectivity index is 2.12. The van der Waals surface area contributed by atoms with Crippen molar-refractivity contribution in [3.8, 4) is 11.5 Å². The van der Waals surface area contributed by atoms with Crippen molar-refractivity contribution in [1.29, 1.82) is 0 Å². The second-order valence-electron chi connectivity index (χ2n) is 5.77. The lowest BCUT2D eigenvalue weighted by Gasteiger charge is -2.19. The zero-order chi connectivity index (χ0) is 14.8. The van der Waals surface area contributed by atoms with Crippen LogP contribution < -0.4 is 10.5 Å². The first kappa shape index (κ1) is 14.5. The van der Waals surface area contributed by atoms with E-state index in [0.717, 1.165) is 17.1 Å². The minimum atomic E-state index is 0.150. The first-order chi connectivity index (χ1) is 9.36. The average molecular weight is 285 g/mol. The molecular formula is C17H19NOS. The van der Waals surface area contributed by atoms with E-state index in [4.69, 9.17) is 22.7 Å². The van der Waals surface area contributed by atoms with Crippen LogP contribution in [0.4, 0.5) is 0 Å². The van der Waals surface area contributed by atoms with Crippen molar-refractivity contribution in [1.82, 2.24) is 0 Å². The van der Waals surface area contributed by atoms with E-state index in [9.17, 15) is 0 Å². The Morgan fingerprint density at radius 1 is 0.900 bits per heavy atom. The maximum atomic E-state index is 5.80. The lowest BCUT2D eigenvalue weighted by molar-refractivity contribution is 0.481. The van der Waals surface area contributed by atoms with Gasteiger partial charge in [-0.1, -0.05) is 45.1 Å². The third-order valence-corrected chi connectivity index (χ3v) is 3.33. The number of benzene rings is 2. The molecule has 20 heavy (non-hydrogen) atoms. The zero-order valence-electron chi connectivity index (χ0n) is 12.0. The Labute approximate surface area is 125 Å². The van der Waals surface area contributed by atoms with Crippen molar-refractivity contribution in [2.24, 2.45) is 5.73 Å². The van der Waals surface area contributed by atoms with E-state index in [1.807, 2.05) is 36.4 Å². The lowest BCUT2D eigenvalue weighted by atomic mass is 9.87. The van der Waals surface area contributed by atoms with E-state index in [1.54, 1.807) is 0 Å². The molecule has 2 nitrogen and oxygen atoms in total. The lowest BCUT2D eigenvalue weighted by Crippen LogP contribution is -2.10. The molecule has 3 heteroatoms. The van der Waals surface area contributed by atoms with Crippen LogP contribution in [0.1, 0.15) is 31.9 Å². The van der Waals surface area contributed by atoms with Crippen LogP contribution in [0.5, 0.6) is 11.5 Å². The molecule has 0 radical (unpaired) electrons. The smallest absolute Gasteiger partial charge is 0.127 e. The van der Waals surface area contributed by atoms with E-state index >= 15 is 0 Å². The predicted molar refractivity (Wildman–Crippen MR) is 87.5 cm³/mol. The van der Waals surface area contributed by atoms with Crippen molar-refractivity contribution in [3.63, 3.8) is 0 Å². The quantitative estimate of drug-likeness (QED) is 0.848. The molecule has 0 bridgehead atoms. The molecule has 0 unspecified atom stereocenters. The van der Waals surface area contributed by atoms with Gasteiger partial charge in [-0.2, -0.15) is 0 Å². The summed E-state index contributed by atoms with van der Waals surface area (Å²) in [4.78, 5) is 0.395. The highest BCUT2D eigenvalue weighted by Crippen LogP contribution is 2.27. The molecule has 2 rings (SSSR count). The van der Waals surface area contributed by atoms with Gasteiger partial charge >= 0.3 is 0 Å². The van der Waals surface area contributed by atoms with Crippen molar-refractivity contribution in [3.05, 3.63) is 59.7 Å². The Morgan fingerprint density at radius 2 is 1.35 bits per heavy atom. The third kappa shape index (κ3) is 3.58. The van der Waals surface area contributed by atoms with Crippen LogP contribution >= 0.6 is 12.2 Å². The van der Waals surface area contributed by atoms with Crippen molar-refractivity contribution in [2.45, 2.75) is 26.2 Å². The number of ether oxygens (including phenoxy) is 1. The molecule has 2 aromatic rings. The summed E-state index contributed by atoms with van der Waals surface area (Å²) in [5, 5.41) is 0. The van der Waals surface area contributed by atoms with Crippen LogP contribution in [0, 0.1) is 0 Å². The van der Waals surface area contributed by atoms with Crippen LogP contribution in [0.3, 0.4) is 0 Å². The largest absolute Gasteiger partial charge is 0.457 e. The molecule has 0 atom stereocenters. The van der Waals surface area contributed by atoms with E-state index in [0.29, 0.717) is 4.99 Å². The van der Waals surface area contributed by atoms with Crippen molar-refractivity contribution >= 4 is 17.2 Å². The Morgan fingerprint density at radius 3 is 1.75 bits per heavy atom. The third-order valence-electron chi connectivity index (χ3n) is 3.09. The van der Waals surface area contributed by atoms with Gasteiger partial charge < -0.3 is 10.5 Å². The van der Waals surface area contributed by atoms with Gasteiger partial charge in [-0.25, -0.2) is 0 Å². The SMILES string of the molecule is CC(C)(C)c1ccc(Oc2ccc(C(N)=S)cc2)cc1. The number of hydrogen-bond donors (Lipinski definition) is 1. The number of nitrogens with two attached hydrogens (primary N) is 1. The van der Waals surface area contributed by atoms with Gasteiger partial charge in [0.2, 0.25) is 0 Å². The molecular weight excluding hydrogens is 266 g/mol. The predicted octanol–water partition coefficient (Wildman–Crippen LogP) is 4.41. The molecule has 104 valence electrons. The fraction of sp³-hybridized carbons (Fsp3) is 0.235. The number of thiocarbonyl (C=S) groups is 1. The van der Waals surface area contributed by atoms with Gasteiger partial charge in [0.05, 0.1) is 0 Å². The van der Waals surface area contributed by atoms with Crippen LogP contribution in [0.2, 0.25) is 0 Å².